The largest absolute Gasteiger partial charge is 0.497 e. The molecule has 0 saturated carbocycles. The fourth-order valence-electron chi connectivity index (χ4n) is 3.70. The zero-order valence-electron chi connectivity index (χ0n) is 19.0. The van der Waals surface area contributed by atoms with Gasteiger partial charge in [-0.3, -0.25) is 29.3 Å². The Labute approximate surface area is 234 Å². The maximum atomic E-state index is 13.6. The second-order valence-electron chi connectivity index (χ2n) is 7.75. The van der Waals surface area contributed by atoms with Gasteiger partial charge in [0.05, 0.1) is 43.3 Å². The molecule has 0 N–H and O–H groups in total. The number of nitro groups is 1. The summed E-state index contributed by atoms with van der Waals surface area (Å²) in [5.74, 6) is -3.47. The number of non-ortho nitro benzene ring substituents is 1. The fourth-order valence-corrected chi connectivity index (χ4v) is 4.71. The average molecular weight is 597 g/mol. The van der Waals surface area contributed by atoms with Gasteiger partial charge >= 0.3 is 0 Å². The molecule has 0 aromatic heterocycles. The second kappa shape index (κ2) is 10.6. The maximum absolute atomic E-state index is 13.6. The predicted octanol–water partition coefficient (Wildman–Crippen LogP) is 5.75. The predicted molar refractivity (Wildman–Crippen MR) is 138 cm³/mol. The van der Waals surface area contributed by atoms with Crippen molar-refractivity contribution < 1.29 is 28.8 Å². The summed E-state index contributed by atoms with van der Waals surface area (Å²) < 4.78 is 5.07. The monoisotopic (exact) mass is 595 g/mol. The molecule has 0 saturated heterocycles. The molecule has 0 radical (unpaired) electrons. The molecule has 1 heterocycles. The van der Waals surface area contributed by atoms with Gasteiger partial charge in [-0.15, -0.1) is 0 Å². The van der Waals surface area contributed by atoms with E-state index in [4.69, 9.17) is 51.1 Å². The van der Waals surface area contributed by atoms with Crippen LogP contribution in [0.3, 0.4) is 0 Å². The first-order valence-electron chi connectivity index (χ1n) is 10.5. The van der Waals surface area contributed by atoms with E-state index in [1.165, 1.54) is 43.5 Å². The van der Waals surface area contributed by atoms with Crippen molar-refractivity contribution >= 4 is 75.6 Å². The van der Waals surface area contributed by atoms with Gasteiger partial charge in [0, 0.05) is 23.3 Å². The number of rotatable bonds is 7. The Bertz CT molecular complexity index is 1500. The molecule has 0 atom stereocenters. The molecule has 38 heavy (non-hydrogen) atoms. The number of amides is 3. The van der Waals surface area contributed by atoms with Crippen molar-refractivity contribution in [3.05, 3.63) is 101 Å². The molecule has 3 aromatic carbocycles. The highest BCUT2D eigenvalue weighted by Gasteiger charge is 2.46. The van der Waals surface area contributed by atoms with Crippen LogP contribution in [0.15, 0.2) is 48.5 Å². The highest BCUT2D eigenvalue weighted by molar-refractivity contribution is 6.55. The van der Waals surface area contributed by atoms with Crippen molar-refractivity contribution in [3.63, 3.8) is 0 Å². The molecule has 3 aromatic rings. The number of carbonyl (C=O) groups excluding carboxylic acids is 4. The standard InChI is InChI=1S/C24H13Cl4N3O7/c1-38-14-7-5-11(6-8-14)15(32)10-29(22(33)12-3-2-4-13(9-12)31(36)37)30-23(34)16-17(24(30)35)19(26)21(28)20(27)18(16)25/h2-9H,10H2,1H3. The Morgan fingerprint density at radius 2 is 1.45 bits per heavy atom. The number of fused-ring (bicyclic) bond motifs is 1. The fraction of sp³-hybridized carbons (Fsp3) is 0.0833. The summed E-state index contributed by atoms with van der Waals surface area (Å²) in [6.45, 7) is -0.809. The van der Waals surface area contributed by atoms with E-state index in [-0.39, 0.29) is 31.2 Å². The van der Waals surface area contributed by atoms with Crippen molar-refractivity contribution in [1.29, 1.82) is 0 Å². The van der Waals surface area contributed by atoms with Crippen molar-refractivity contribution in [2.45, 2.75) is 0 Å². The Balaban J connectivity index is 1.82. The van der Waals surface area contributed by atoms with Gasteiger partial charge < -0.3 is 4.74 Å². The van der Waals surface area contributed by atoms with E-state index >= 15 is 0 Å². The van der Waals surface area contributed by atoms with E-state index in [2.05, 4.69) is 0 Å². The van der Waals surface area contributed by atoms with Crippen molar-refractivity contribution in [2.24, 2.45) is 0 Å². The molecule has 0 bridgehead atoms. The van der Waals surface area contributed by atoms with Gasteiger partial charge in [-0.05, 0) is 30.3 Å². The summed E-state index contributed by atoms with van der Waals surface area (Å²) in [5.41, 5.74) is -1.40. The molecule has 4 rings (SSSR count). The van der Waals surface area contributed by atoms with Crippen LogP contribution in [0.25, 0.3) is 0 Å². The number of carbonyl (C=O) groups is 4. The molecule has 14 heteroatoms. The summed E-state index contributed by atoms with van der Waals surface area (Å²) in [6.07, 6.45) is 0. The third-order valence-corrected chi connectivity index (χ3v) is 7.37. The van der Waals surface area contributed by atoms with E-state index < -0.39 is 51.8 Å². The van der Waals surface area contributed by atoms with Gasteiger partial charge in [-0.25, -0.2) is 5.01 Å². The van der Waals surface area contributed by atoms with Crippen molar-refractivity contribution in [2.75, 3.05) is 13.7 Å². The summed E-state index contributed by atoms with van der Waals surface area (Å²) in [5, 5.41) is 10.9. The Morgan fingerprint density at radius 1 is 0.895 bits per heavy atom. The van der Waals surface area contributed by atoms with Gasteiger partial charge in [0.15, 0.2) is 5.78 Å². The summed E-state index contributed by atoms with van der Waals surface area (Å²) in [6, 6.07) is 10.4. The molecule has 3 amide bonds. The number of ether oxygens (including phenoxy) is 1. The molecule has 0 unspecified atom stereocenters. The molecule has 1 aliphatic rings. The zero-order valence-corrected chi connectivity index (χ0v) is 22.1. The number of methoxy groups -OCH3 is 1. The van der Waals surface area contributed by atoms with Gasteiger partial charge in [0.2, 0.25) is 0 Å². The molecular weight excluding hydrogens is 584 g/mol. The van der Waals surface area contributed by atoms with Crippen LogP contribution in [0.2, 0.25) is 20.1 Å². The number of hydrazine groups is 1. The number of hydrogen-bond donors (Lipinski definition) is 0. The second-order valence-corrected chi connectivity index (χ2v) is 9.26. The number of ketones is 1. The van der Waals surface area contributed by atoms with E-state index in [0.717, 1.165) is 12.1 Å². The van der Waals surface area contributed by atoms with Gasteiger partial charge in [-0.1, -0.05) is 52.5 Å². The van der Waals surface area contributed by atoms with Gasteiger partial charge in [-0.2, -0.15) is 5.01 Å². The molecular formula is C24H13Cl4N3O7. The van der Waals surface area contributed by atoms with E-state index in [1.807, 2.05) is 0 Å². The number of hydrogen-bond acceptors (Lipinski definition) is 7. The lowest BCUT2D eigenvalue weighted by molar-refractivity contribution is -0.384. The van der Waals surface area contributed by atoms with Crippen molar-refractivity contribution in [1.82, 2.24) is 10.0 Å². The third kappa shape index (κ3) is 4.67. The number of nitrogens with zero attached hydrogens (tertiary/aromatic N) is 3. The van der Waals surface area contributed by atoms with Crippen LogP contribution >= 0.6 is 46.4 Å². The number of benzene rings is 3. The average Bonchev–Trinajstić information content (AvgIpc) is 3.18. The van der Waals surface area contributed by atoms with Crippen LogP contribution in [0.1, 0.15) is 41.4 Å². The number of nitro benzene ring substituents is 1. The Hall–Kier alpha value is -3.70. The SMILES string of the molecule is COc1ccc(C(=O)CN(C(=O)c2cccc([N+](=O)[O-])c2)N2C(=O)c3c(Cl)c(Cl)c(Cl)c(Cl)c3C2=O)cc1. The Kier molecular flexibility index (Phi) is 7.61. The normalized spacial score (nSPS) is 12.4. The molecule has 10 nitrogen and oxygen atoms in total. The summed E-state index contributed by atoms with van der Waals surface area (Å²) in [4.78, 5) is 64.1. The van der Waals surface area contributed by atoms with E-state index in [1.54, 1.807) is 0 Å². The lowest BCUT2D eigenvalue weighted by Gasteiger charge is -2.29. The lowest BCUT2D eigenvalue weighted by Crippen LogP contribution is -2.51. The quantitative estimate of drug-likeness (QED) is 0.0848. The lowest BCUT2D eigenvalue weighted by atomic mass is 10.1. The minimum atomic E-state index is -1.10. The number of imide groups is 1. The van der Waals surface area contributed by atoms with Gasteiger partial charge in [0.25, 0.3) is 23.4 Å². The van der Waals surface area contributed by atoms with E-state index in [9.17, 15) is 29.3 Å². The van der Waals surface area contributed by atoms with Gasteiger partial charge in [0.1, 0.15) is 12.3 Å². The molecule has 194 valence electrons. The van der Waals surface area contributed by atoms with Crippen LogP contribution in [-0.4, -0.2) is 52.1 Å². The number of halogens is 4. The molecule has 0 spiro atoms. The van der Waals surface area contributed by atoms with Crippen LogP contribution in [0, 0.1) is 10.1 Å². The maximum Gasteiger partial charge on any atom is 0.282 e. The first kappa shape index (κ1) is 27.3. The topological polar surface area (TPSA) is 127 Å². The summed E-state index contributed by atoms with van der Waals surface area (Å²) in [7, 11) is 1.44. The molecule has 0 fully saturated rings. The van der Waals surface area contributed by atoms with Crippen LogP contribution in [-0.2, 0) is 0 Å². The number of Topliss-reactive ketones (excluding diaryl/α,β-unsaturated/α-hetero) is 1. The molecule has 1 aliphatic heterocycles. The van der Waals surface area contributed by atoms with Crippen LogP contribution < -0.4 is 4.74 Å². The van der Waals surface area contributed by atoms with Crippen LogP contribution in [0.4, 0.5) is 5.69 Å². The first-order valence-corrected chi connectivity index (χ1v) is 12.0. The van der Waals surface area contributed by atoms with Crippen molar-refractivity contribution in [3.8, 4) is 5.75 Å². The van der Waals surface area contributed by atoms with Crippen LogP contribution in [0.5, 0.6) is 5.75 Å². The molecule has 0 aliphatic carbocycles. The minimum absolute atomic E-state index is 0.126. The Morgan fingerprint density at radius 3 is 1.95 bits per heavy atom. The minimum Gasteiger partial charge on any atom is -0.497 e. The highest BCUT2D eigenvalue weighted by Crippen LogP contribution is 2.45. The smallest absolute Gasteiger partial charge is 0.282 e. The van der Waals surface area contributed by atoms with E-state index in [0.29, 0.717) is 15.8 Å². The highest BCUT2D eigenvalue weighted by atomic mass is 35.5. The zero-order chi connectivity index (χ0) is 27.9. The third-order valence-electron chi connectivity index (χ3n) is 5.56. The first-order chi connectivity index (χ1) is 18.0. The summed E-state index contributed by atoms with van der Waals surface area (Å²) >= 11 is 24.5.